The third kappa shape index (κ3) is 3.04. The van der Waals surface area contributed by atoms with Crippen LogP contribution in [-0.4, -0.2) is 38.9 Å². The second-order valence-electron chi connectivity index (χ2n) is 4.68. The van der Waals surface area contributed by atoms with Crippen LogP contribution in [0.1, 0.15) is 32.3 Å². The molecule has 0 saturated carbocycles. The second kappa shape index (κ2) is 5.29. The van der Waals surface area contributed by atoms with Crippen LogP contribution in [0, 0.1) is 0 Å². The zero-order valence-corrected chi connectivity index (χ0v) is 10.4. The maximum absolute atomic E-state index is 9.25. The Balaban J connectivity index is 3.10. The van der Waals surface area contributed by atoms with Gasteiger partial charge in [-0.05, 0) is 12.8 Å². The fourth-order valence-corrected chi connectivity index (χ4v) is 1.49. The molecule has 0 fully saturated rings. The molecule has 1 rings (SSSR count). The average Bonchev–Trinajstić information content (AvgIpc) is 2.28. The molecule has 0 radical (unpaired) electrons. The van der Waals surface area contributed by atoms with Gasteiger partial charge in [0.2, 0.25) is 0 Å². The molecule has 1 aromatic heterocycles. The highest BCUT2D eigenvalue weighted by molar-refractivity contribution is 5.57. The lowest BCUT2D eigenvalue weighted by atomic mass is 10.0. The number of aromatic nitrogens is 2. The molecule has 0 atom stereocenters. The lowest BCUT2D eigenvalue weighted by Crippen LogP contribution is -2.43. The first-order valence-electron chi connectivity index (χ1n) is 5.54. The Morgan fingerprint density at radius 3 is 2.41 bits per heavy atom. The summed E-state index contributed by atoms with van der Waals surface area (Å²) in [5.41, 5.74) is 5.77. The van der Waals surface area contributed by atoms with Crippen LogP contribution in [0.25, 0.3) is 0 Å². The molecule has 17 heavy (non-hydrogen) atoms. The van der Waals surface area contributed by atoms with Gasteiger partial charge in [-0.3, -0.25) is 0 Å². The molecule has 1 heterocycles. The summed E-state index contributed by atoms with van der Waals surface area (Å²) in [5, 5.41) is 21.5. The number of aliphatic hydroxyl groups excluding tert-OH is 2. The normalized spacial score (nSPS) is 11.9. The first kappa shape index (κ1) is 13.7. The Morgan fingerprint density at radius 2 is 1.94 bits per heavy atom. The number of rotatable bonds is 5. The topological polar surface area (TPSA) is 104 Å². The van der Waals surface area contributed by atoms with E-state index >= 15 is 0 Å². The van der Waals surface area contributed by atoms with Gasteiger partial charge in [-0.1, -0.05) is 13.8 Å². The van der Waals surface area contributed by atoms with Gasteiger partial charge in [0.1, 0.15) is 18.0 Å². The second-order valence-corrected chi connectivity index (χ2v) is 4.68. The summed E-state index contributed by atoms with van der Waals surface area (Å²) < 4.78 is 0. The fourth-order valence-electron chi connectivity index (χ4n) is 1.49. The lowest BCUT2D eigenvalue weighted by molar-refractivity contribution is 0.147. The van der Waals surface area contributed by atoms with Crippen LogP contribution in [0.2, 0.25) is 0 Å². The smallest absolute Gasteiger partial charge is 0.135 e. The number of nitrogen functional groups attached to an aromatic ring is 1. The van der Waals surface area contributed by atoms with E-state index in [9.17, 15) is 10.2 Å². The number of hydrogen-bond donors (Lipinski definition) is 4. The minimum atomic E-state index is -0.829. The van der Waals surface area contributed by atoms with E-state index in [0.717, 1.165) is 5.56 Å². The summed E-state index contributed by atoms with van der Waals surface area (Å²) in [7, 11) is 0. The molecule has 6 heteroatoms. The Hall–Kier alpha value is -1.40. The molecule has 6 nitrogen and oxygen atoms in total. The largest absolute Gasteiger partial charge is 0.394 e. The molecule has 5 N–H and O–H groups in total. The summed E-state index contributed by atoms with van der Waals surface area (Å²) >= 11 is 0. The van der Waals surface area contributed by atoms with E-state index in [-0.39, 0.29) is 19.1 Å². The minimum Gasteiger partial charge on any atom is -0.394 e. The van der Waals surface area contributed by atoms with Crippen LogP contribution in [0.3, 0.4) is 0 Å². The molecule has 0 aromatic carbocycles. The standard InChI is InChI=1S/C11H20N4O2/c1-7(2)8-9(12)13-6-14-10(8)15-11(3,4-16)5-17/h6-7,16-17H,4-5H2,1-3H3,(H3,12,13,14,15). The van der Waals surface area contributed by atoms with Crippen molar-refractivity contribution in [2.75, 3.05) is 24.3 Å². The van der Waals surface area contributed by atoms with Crippen molar-refractivity contribution in [1.29, 1.82) is 0 Å². The number of nitrogens with zero attached hydrogens (tertiary/aromatic N) is 2. The molecule has 0 aliphatic carbocycles. The summed E-state index contributed by atoms with van der Waals surface area (Å²) in [6, 6.07) is 0. The van der Waals surface area contributed by atoms with Crippen LogP contribution in [0.4, 0.5) is 11.6 Å². The molecule has 0 saturated heterocycles. The maximum Gasteiger partial charge on any atom is 0.135 e. The Kier molecular flexibility index (Phi) is 4.25. The zero-order valence-electron chi connectivity index (χ0n) is 10.4. The van der Waals surface area contributed by atoms with E-state index in [2.05, 4.69) is 15.3 Å². The number of aliphatic hydroxyl groups is 2. The van der Waals surface area contributed by atoms with E-state index in [1.54, 1.807) is 6.92 Å². The maximum atomic E-state index is 9.25. The first-order valence-corrected chi connectivity index (χ1v) is 5.54. The van der Waals surface area contributed by atoms with Crippen molar-refractivity contribution in [3.63, 3.8) is 0 Å². The molecule has 0 amide bonds. The Morgan fingerprint density at radius 1 is 1.35 bits per heavy atom. The van der Waals surface area contributed by atoms with Crippen molar-refractivity contribution in [1.82, 2.24) is 9.97 Å². The van der Waals surface area contributed by atoms with Crippen molar-refractivity contribution in [2.45, 2.75) is 32.2 Å². The molecule has 1 aromatic rings. The summed E-state index contributed by atoms with van der Waals surface area (Å²) in [5.74, 6) is 1.12. The van der Waals surface area contributed by atoms with E-state index in [0.29, 0.717) is 11.6 Å². The fraction of sp³-hybridized carbons (Fsp3) is 0.636. The van der Waals surface area contributed by atoms with E-state index in [4.69, 9.17) is 5.73 Å². The molecule has 0 spiro atoms. The highest BCUT2D eigenvalue weighted by Crippen LogP contribution is 2.28. The molecule has 0 aliphatic rings. The van der Waals surface area contributed by atoms with Crippen molar-refractivity contribution >= 4 is 11.6 Å². The van der Waals surface area contributed by atoms with Crippen molar-refractivity contribution < 1.29 is 10.2 Å². The van der Waals surface area contributed by atoms with Gasteiger partial charge in [0.15, 0.2) is 0 Å². The number of anilines is 2. The van der Waals surface area contributed by atoms with Gasteiger partial charge in [0.05, 0.1) is 18.8 Å². The summed E-state index contributed by atoms with van der Waals surface area (Å²) in [4.78, 5) is 8.06. The third-order valence-corrected chi connectivity index (χ3v) is 2.61. The predicted octanol–water partition coefficient (Wildman–Crippen LogP) is 0.337. The van der Waals surface area contributed by atoms with Crippen LogP contribution < -0.4 is 11.1 Å². The average molecular weight is 240 g/mol. The molecular formula is C11H20N4O2. The van der Waals surface area contributed by atoms with Gasteiger partial charge >= 0.3 is 0 Å². The quantitative estimate of drug-likeness (QED) is 0.591. The third-order valence-electron chi connectivity index (χ3n) is 2.61. The van der Waals surface area contributed by atoms with Gasteiger partial charge < -0.3 is 21.3 Å². The Labute approximate surface area is 101 Å². The Bertz CT molecular complexity index is 378. The lowest BCUT2D eigenvalue weighted by Gasteiger charge is -2.28. The van der Waals surface area contributed by atoms with Crippen molar-refractivity contribution in [3.8, 4) is 0 Å². The summed E-state index contributed by atoms with van der Waals surface area (Å²) in [6.45, 7) is 5.26. The van der Waals surface area contributed by atoms with Gasteiger partial charge in [-0.2, -0.15) is 0 Å². The number of nitrogens with one attached hydrogen (secondary N) is 1. The first-order chi connectivity index (χ1) is 7.93. The molecule has 0 bridgehead atoms. The molecular weight excluding hydrogens is 220 g/mol. The number of nitrogens with two attached hydrogens (primary N) is 1. The van der Waals surface area contributed by atoms with Crippen LogP contribution in [0.15, 0.2) is 6.33 Å². The van der Waals surface area contributed by atoms with Gasteiger partial charge in [0.25, 0.3) is 0 Å². The molecule has 96 valence electrons. The highest BCUT2D eigenvalue weighted by atomic mass is 16.3. The van der Waals surface area contributed by atoms with Gasteiger partial charge in [0, 0.05) is 5.56 Å². The van der Waals surface area contributed by atoms with Gasteiger partial charge in [-0.25, -0.2) is 9.97 Å². The zero-order chi connectivity index (χ0) is 13.1. The number of hydrogen-bond acceptors (Lipinski definition) is 6. The monoisotopic (exact) mass is 240 g/mol. The molecule has 0 unspecified atom stereocenters. The van der Waals surface area contributed by atoms with Crippen LogP contribution in [0.5, 0.6) is 0 Å². The summed E-state index contributed by atoms with van der Waals surface area (Å²) in [6.07, 6.45) is 1.36. The van der Waals surface area contributed by atoms with Gasteiger partial charge in [-0.15, -0.1) is 0 Å². The van der Waals surface area contributed by atoms with Crippen molar-refractivity contribution in [2.24, 2.45) is 0 Å². The SMILES string of the molecule is CC(C)c1c(N)ncnc1NC(C)(CO)CO. The van der Waals surface area contributed by atoms with Crippen LogP contribution >= 0.6 is 0 Å². The highest BCUT2D eigenvalue weighted by Gasteiger charge is 2.25. The molecule has 0 aliphatic heterocycles. The van der Waals surface area contributed by atoms with Crippen LogP contribution in [-0.2, 0) is 0 Å². The minimum absolute atomic E-state index is 0.153. The van der Waals surface area contributed by atoms with E-state index in [1.165, 1.54) is 6.33 Å². The van der Waals surface area contributed by atoms with Crippen molar-refractivity contribution in [3.05, 3.63) is 11.9 Å². The van der Waals surface area contributed by atoms with E-state index < -0.39 is 5.54 Å². The van der Waals surface area contributed by atoms with E-state index in [1.807, 2.05) is 13.8 Å². The predicted molar refractivity (Wildman–Crippen MR) is 66.7 cm³/mol.